The maximum Gasteiger partial charge on any atom is 0.228 e. The molecule has 0 radical (unpaired) electrons. The molecule has 1 fully saturated rings. The van der Waals surface area contributed by atoms with Gasteiger partial charge in [-0.2, -0.15) is 0 Å². The first-order chi connectivity index (χ1) is 12.0. The third kappa shape index (κ3) is 11.8. The van der Waals surface area contributed by atoms with Crippen molar-refractivity contribution in [3.05, 3.63) is 0 Å². The van der Waals surface area contributed by atoms with Crippen molar-refractivity contribution < 1.29 is 22.9 Å². The molecule has 1 heterocycles. The number of halogens is 1. The molecule has 0 aromatic rings. The molecule has 158 valence electrons. The van der Waals surface area contributed by atoms with Crippen LogP contribution in [0.5, 0.6) is 0 Å². The van der Waals surface area contributed by atoms with Crippen LogP contribution in [-0.2, 0) is 4.74 Å². The predicted molar refractivity (Wildman–Crippen MR) is 110 cm³/mol. The van der Waals surface area contributed by atoms with Crippen molar-refractivity contribution in [3.63, 3.8) is 0 Å². The molecule has 0 aromatic carbocycles. The zero-order valence-electron chi connectivity index (χ0n) is 18.2. The first-order valence-electron chi connectivity index (χ1n) is 11.6. The Morgan fingerprint density at radius 2 is 0.846 bits per heavy atom. The van der Waals surface area contributed by atoms with Gasteiger partial charge in [-0.3, -0.25) is 0 Å². The first-order valence-corrected chi connectivity index (χ1v) is 11.6. The third-order valence-corrected chi connectivity index (χ3v) is 6.19. The minimum atomic E-state index is -0.0670. The van der Waals surface area contributed by atoms with Gasteiger partial charge < -0.3 is 22.9 Å². The number of rotatable bonds is 18. The lowest BCUT2D eigenvalue weighted by atomic mass is 9.98. The molecule has 1 unspecified atom stereocenters. The third-order valence-electron chi connectivity index (χ3n) is 6.19. The highest BCUT2D eigenvalue weighted by Gasteiger charge is 2.65. The topological polar surface area (TPSA) is 40.2 Å². The normalized spacial score (nSPS) is 20.8. The molecule has 1 aliphatic heterocycles. The molecule has 3 heteroatoms. The molecule has 1 atom stereocenters. The monoisotopic (exact) mass is 389 g/mol. The van der Waals surface area contributed by atoms with Crippen LogP contribution in [-0.4, -0.2) is 11.3 Å². The highest BCUT2D eigenvalue weighted by Crippen LogP contribution is 2.44. The number of epoxide rings is 1. The van der Waals surface area contributed by atoms with Crippen LogP contribution in [0.4, 0.5) is 0 Å². The number of hydrogen-bond donors (Lipinski definition) is 1. The van der Waals surface area contributed by atoms with Gasteiger partial charge in [-0.05, 0) is 20.3 Å². The van der Waals surface area contributed by atoms with Crippen molar-refractivity contribution in [1.29, 1.82) is 0 Å². The van der Waals surface area contributed by atoms with E-state index in [1.165, 1.54) is 109 Å². The summed E-state index contributed by atoms with van der Waals surface area (Å²) in [5.41, 5.74) is 4.19. The van der Waals surface area contributed by atoms with E-state index in [4.69, 9.17) is 4.74 Å². The maximum absolute atomic E-state index is 5.71. The quantitative estimate of drug-likeness (QED) is 0.281. The molecular formula is C23H48ClNO. The van der Waals surface area contributed by atoms with Crippen molar-refractivity contribution in [2.45, 2.75) is 148 Å². The Balaban J connectivity index is 0.00000625. The van der Waals surface area contributed by atoms with E-state index in [0.29, 0.717) is 0 Å². The second-order valence-corrected chi connectivity index (χ2v) is 9.01. The van der Waals surface area contributed by atoms with Gasteiger partial charge in [0.15, 0.2) is 0 Å². The van der Waals surface area contributed by atoms with E-state index in [0.717, 1.165) is 6.42 Å². The Morgan fingerprint density at radius 3 is 1.12 bits per heavy atom. The van der Waals surface area contributed by atoms with Gasteiger partial charge >= 0.3 is 0 Å². The predicted octanol–water partition coefficient (Wildman–Crippen LogP) is 3.78. The lowest BCUT2D eigenvalue weighted by Gasteiger charge is -2.06. The molecule has 1 rings (SSSR count). The van der Waals surface area contributed by atoms with Gasteiger partial charge in [0.25, 0.3) is 0 Å². The number of ether oxygens (including phenoxy) is 1. The number of hydrogen-bond acceptors (Lipinski definition) is 1. The lowest BCUT2D eigenvalue weighted by Crippen LogP contribution is -3.00. The van der Waals surface area contributed by atoms with E-state index in [1.54, 1.807) is 0 Å². The summed E-state index contributed by atoms with van der Waals surface area (Å²) in [4.78, 5) is 0. The van der Waals surface area contributed by atoms with Crippen LogP contribution in [0.1, 0.15) is 136 Å². The molecule has 26 heavy (non-hydrogen) atoms. The molecule has 0 aromatic heterocycles. The van der Waals surface area contributed by atoms with Crippen LogP contribution >= 0.6 is 0 Å². The molecule has 0 saturated carbocycles. The Bertz CT molecular complexity index is 321. The molecular weight excluding hydrogens is 342 g/mol. The Hall–Kier alpha value is 0.210. The highest BCUT2D eigenvalue weighted by atomic mass is 35.5. The van der Waals surface area contributed by atoms with Crippen molar-refractivity contribution in [2.75, 3.05) is 0 Å². The van der Waals surface area contributed by atoms with Crippen molar-refractivity contribution >= 4 is 0 Å². The fraction of sp³-hybridized carbons (Fsp3) is 1.00. The van der Waals surface area contributed by atoms with Gasteiger partial charge in [-0.15, -0.1) is 0 Å². The van der Waals surface area contributed by atoms with E-state index in [1.807, 2.05) is 0 Å². The number of quaternary nitrogens is 1. The minimum absolute atomic E-state index is 0. The summed E-state index contributed by atoms with van der Waals surface area (Å²) < 4.78 is 5.71. The summed E-state index contributed by atoms with van der Waals surface area (Å²) in [7, 11) is 0. The van der Waals surface area contributed by atoms with Crippen LogP contribution in [0.2, 0.25) is 0 Å². The van der Waals surface area contributed by atoms with Crippen LogP contribution in [0.15, 0.2) is 0 Å². The zero-order valence-corrected chi connectivity index (χ0v) is 19.0. The molecule has 2 nitrogen and oxygen atoms in total. The lowest BCUT2D eigenvalue weighted by molar-refractivity contribution is -0.473. The SMILES string of the molecule is CCCCCCCCCCCCCCCCCCCC1([NH3+])OC1(C)C.[Cl-]. The summed E-state index contributed by atoms with van der Waals surface area (Å²) in [6.45, 7) is 6.62. The fourth-order valence-electron chi connectivity index (χ4n) is 3.95. The molecule has 0 aliphatic carbocycles. The smallest absolute Gasteiger partial charge is 0.228 e. The van der Waals surface area contributed by atoms with Crippen molar-refractivity contribution in [2.24, 2.45) is 0 Å². The van der Waals surface area contributed by atoms with Gasteiger partial charge in [0.05, 0.1) is 0 Å². The summed E-state index contributed by atoms with van der Waals surface area (Å²) in [5, 5.41) is 0. The first kappa shape index (κ1) is 26.2. The zero-order chi connectivity index (χ0) is 18.4. The van der Waals surface area contributed by atoms with Gasteiger partial charge in [0, 0.05) is 6.42 Å². The van der Waals surface area contributed by atoms with E-state index < -0.39 is 0 Å². The maximum atomic E-state index is 5.71. The molecule has 1 saturated heterocycles. The van der Waals surface area contributed by atoms with E-state index >= 15 is 0 Å². The molecule has 0 bridgehead atoms. The van der Waals surface area contributed by atoms with E-state index in [-0.39, 0.29) is 23.7 Å². The van der Waals surface area contributed by atoms with Crippen molar-refractivity contribution in [1.82, 2.24) is 0 Å². The minimum Gasteiger partial charge on any atom is -1.00 e. The van der Waals surface area contributed by atoms with Gasteiger partial charge in [-0.25, -0.2) is 0 Å². The second-order valence-electron chi connectivity index (χ2n) is 9.01. The molecule has 0 amide bonds. The van der Waals surface area contributed by atoms with Crippen LogP contribution in [0.25, 0.3) is 0 Å². The van der Waals surface area contributed by atoms with Crippen LogP contribution in [0.3, 0.4) is 0 Å². The second kappa shape index (κ2) is 15.2. The Morgan fingerprint density at radius 1 is 0.577 bits per heavy atom. The van der Waals surface area contributed by atoms with E-state index in [9.17, 15) is 0 Å². The van der Waals surface area contributed by atoms with Gasteiger partial charge in [0.1, 0.15) is 5.60 Å². The Kier molecular flexibility index (Phi) is 15.3. The Labute approximate surface area is 170 Å². The largest absolute Gasteiger partial charge is 1.00 e. The average molecular weight is 390 g/mol. The van der Waals surface area contributed by atoms with Gasteiger partial charge in [-0.1, -0.05) is 110 Å². The summed E-state index contributed by atoms with van der Waals surface area (Å²) in [6.07, 6.45) is 25.5. The van der Waals surface area contributed by atoms with Crippen molar-refractivity contribution in [3.8, 4) is 0 Å². The molecule has 3 N–H and O–H groups in total. The summed E-state index contributed by atoms with van der Waals surface area (Å²) in [6, 6.07) is 0. The van der Waals surface area contributed by atoms with E-state index in [2.05, 4.69) is 26.5 Å². The van der Waals surface area contributed by atoms with Crippen LogP contribution in [0, 0.1) is 0 Å². The van der Waals surface area contributed by atoms with Crippen LogP contribution < -0.4 is 18.1 Å². The van der Waals surface area contributed by atoms with Gasteiger partial charge in [0.2, 0.25) is 5.72 Å². The molecule has 1 aliphatic rings. The summed E-state index contributed by atoms with van der Waals surface area (Å²) >= 11 is 0. The summed E-state index contributed by atoms with van der Waals surface area (Å²) in [5.74, 6) is 0. The molecule has 0 spiro atoms. The fourth-order valence-corrected chi connectivity index (χ4v) is 3.95. The number of unbranched alkanes of at least 4 members (excludes halogenated alkanes) is 16. The highest BCUT2D eigenvalue weighted by molar-refractivity contribution is 5.00. The average Bonchev–Trinajstić information content (AvgIpc) is 3.08. The standard InChI is InChI=1S/C23H47NO.ClH/c1-4-5-6-7-8-9-10-11-12-13-14-15-16-17-18-19-20-21-23(24)22(2,3)25-23;/h4-21,24H2,1-3H3;1H.